The number of carbonyl (C=O) groups is 1. The van der Waals surface area contributed by atoms with Crippen molar-refractivity contribution in [2.75, 3.05) is 7.05 Å². The number of hydrogen-bond acceptors (Lipinski definition) is 2. The Hall–Kier alpha value is -1.96. The maximum atomic E-state index is 12.1. The molecule has 0 heterocycles. The minimum absolute atomic E-state index is 0.106. The fraction of sp³-hybridized carbons (Fsp3) is 0.273. The third kappa shape index (κ3) is 3.02. The van der Waals surface area contributed by atoms with Crippen LogP contribution in [0.4, 0.5) is 8.78 Å². The van der Waals surface area contributed by atoms with Gasteiger partial charge in [-0.25, -0.2) is 0 Å². The molecule has 0 aromatic heterocycles. The topological polar surface area (TPSA) is 44.1 Å². The van der Waals surface area contributed by atoms with E-state index in [1.54, 1.807) is 24.3 Å². The van der Waals surface area contributed by atoms with Crippen LogP contribution in [0.25, 0.3) is 0 Å². The van der Waals surface area contributed by atoms with E-state index in [1.807, 2.05) is 6.07 Å². The Balaban J connectivity index is 2.67. The average Bonchev–Trinajstić information content (AvgIpc) is 2.28. The predicted octanol–water partition coefficient (Wildman–Crippen LogP) is 1.78. The van der Waals surface area contributed by atoms with Crippen molar-refractivity contribution < 1.29 is 13.6 Å². The molecule has 0 aliphatic heterocycles. The summed E-state index contributed by atoms with van der Waals surface area (Å²) in [5.41, 5.74) is 1.20. The summed E-state index contributed by atoms with van der Waals surface area (Å²) in [7, 11) is 1.31. The Kier molecular flexibility index (Phi) is 3.95. The molecule has 1 aromatic rings. The summed E-state index contributed by atoms with van der Waals surface area (Å²) in [6.07, 6.45) is -2.98. The van der Waals surface area contributed by atoms with Gasteiger partial charge in [0.25, 0.3) is 5.91 Å². The van der Waals surface area contributed by atoms with Gasteiger partial charge in [0.05, 0.1) is 11.6 Å². The van der Waals surface area contributed by atoms with E-state index in [-0.39, 0.29) is 6.54 Å². The molecular weight excluding hydrogens is 214 g/mol. The molecule has 16 heavy (non-hydrogen) atoms. The molecule has 0 fully saturated rings. The SMILES string of the molecule is CN(Cc1ccc(C#N)cc1)C(=O)C(F)F. The number of carbonyl (C=O) groups excluding carboxylic acids is 1. The largest absolute Gasteiger partial charge is 0.336 e. The number of benzene rings is 1. The van der Waals surface area contributed by atoms with Crippen LogP contribution in [0.15, 0.2) is 24.3 Å². The highest BCUT2D eigenvalue weighted by atomic mass is 19.3. The highest BCUT2D eigenvalue weighted by molar-refractivity contribution is 5.79. The van der Waals surface area contributed by atoms with E-state index in [1.165, 1.54) is 7.05 Å². The molecule has 0 spiro atoms. The number of alkyl halides is 2. The second-order valence-electron chi connectivity index (χ2n) is 3.30. The van der Waals surface area contributed by atoms with Crippen molar-refractivity contribution in [1.29, 1.82) is 5.26 Å². The molecule has 0 saturated carbocycles. The summed E-state index contributed by atoms with van der Waals surface area (Å²) in [4.78, 5) is 11.8. The van der Waals surface area contributed by atoms with E-state index < -0.39 is 12.3 Å². The smallest absolute Gasteiger partial charge is 0.315 e. The van der Waals surface area contributed by atoms with E-state index in [0.29, 0.717) is 11.1 Å². The van der Waals surface area contributed by atoms with Crippen molar-refractivity contribution in [2.24, 2.45) is 0 Å². The first-order chi connectivity index (χ1) is 7.54. The fourth-order valence-corrected chi connectivity index (χ4v) is 1.20. The lowest BCUT2D eigenvalue weighted by Gasteiger charge is -2.16. The van der Waals surface area contributed by atoms with Gasteiger partial charge in [-0.1, -0.05) is 12.1 Å². The van der Waals surface area contributed by atoms with E-state index >= 15 is 0 Å². The number of amides is 1. The van der Waals surface area contributed by atoms with Gasteiger partial charge in [0, 0.05) is 13.6 Å². The summed E-state index contributed by atoms with van der Waals surface area (Å²) < 4.78 is 24.1. The average molecular weight is 224 g/mol. The first-order valence-corrected chi connectivity index (χ1v) is 4.56. The molecule has 0 unspecified atom stereocenters. The summed E-state index contributed by atoms with van der Waals surface area (Å²) in [6, 6.07) is 8.37. The van der Waals surface area contributed by atoms with Gasteiger partial charge < -0.3 is 4.90 Å². The van der Waals surface area contributed by atoms with Crippen LogP contribution in [0, 0.1) is 11.3 Å². The Morgan fingerprint density at radius 2 is 2.00 bits per heavy atom. The minimum atomic E-state index is -2.98. The molecule has 0 aliphatic rings. The second-order valence-corrected chi connectivity index (χ2v) is 3.30. The summed E-state index contributed by atoms with van der Waals surface area (Å²) >= 11 is 0. The van der Waals surface area contributed by atoms with Gasteiger partial charge in [0.2, 0.25) is 0 Å². The maximum Gasteiger partial charge on any atom is 0.315 e. The van der Waals surface area contributed by atoms with Crippen molar-refractivity contribution in [3.05, 3.63) is 35.4 Å². The number of rotatable bonds is 3. The van der Waals surface area contributed by atoms with Crippen LogP contribution in [-0.2, 0) is 11.3 Å². The van der Waals surface area contributed by atoms with Gasteiger partial charge in [0.15, 0.2) is 0 Å². The van der Waals surface area contributed by atoms with Gasteiger partial charge in [-0.3, -0.25) is 4.79 Å². The lowest BCUT2D eigenvalue weighted by Crippen LogP contribution is -2.31. The lowest BCUT2D eigenvalue weighted by atomic mass is 10.1. The van der Waals surface area contributed by atoms with Crippen LogP contribution >= 0.6 is 0 Å². The Morgan fingerprint density at radius 1 is 1.44 bits per heavy atom. The molecule has 5 heteroatoms. The summed E-state index contributed by atoms with van der Waals surface area (Å²) in [5.74, 6) is -1.20. The number of nitrogens with zero attached hydrogens (tertiary/aromatic N) is 2. The molecule has 0 aliphatic carbocycles. The van der Waals surface area contributed by atoms with Crippen molar-refractivity contribution in [3.8, 4) is 6.07 Å². The number of halogens is 2. The van der Waals surface area contributed by atoms with Crippen molar-refractivity contribution in [1.82, 2.24) is 4.90 Å². The fourth-order valence-electron chi connectivity index (χ4n) is 1.20. The normalized spacial score (nSPS) is 9.94. The van der Waals surface area contributed by atoms with E-state index in [9.17, 15) is 13.6 Å². The van der Waals surface area contributed by atoms with Crippen molar-refractivity contribution in [2.45, 2.75) is 13.0 Å². The van der Waals surface area contributed by atoms with Gasteiger partial charge in [-0.2, -0.15) is 14.0 Å². The molecule has 0 radical (unpaired) electrons. The Morgan fingerprint density at radius 3 is 2.44 bits per heavy atom. The molecule has 0 saturated heterocycles. The van der Waals surface area contributed by atoms with Crippen LogP contribution in [0.5, 0.6) is 0 Å². The molecule has 0 atom stereocenters. The molecule has 1 rings (SSSR count). The zero-order chi connectivity index (χ0) is 12.1. The molecule has 3 nitrogen and oxygen atoms in total. The van der Waals surface area contributed by atoms with Gasteiger partial charge in [-0.05, 0) is 17.7 Å². The minimum Gasteiger partial charge on any atom is -0.336 e. The van der Waals surface area contributed by atoms with E-state index in [2.05, 4.69) is 0 Å². The second kappa shape index (κ2) is 5.21. The number of nitriles is 1. The van der Waals surface area contributed by atoms with Crippen LogP contribution in [0.1, 0.15) is 11.1 Å². The first kappa shape index (κ1) is 12.1. The lowest BCUT2D eigenvalue weighted by molar-refractivity contribution is -0.141. The van der Waals surface area contributed by atoms with Gasteiger partial charge in [-0.15, -0.1) is 0 Å². The third-order valence-electron chi connectivity index (χ3n) is 2.07. The highest BCUT2D eigenvalue weighted by Gasteiger charge is 2.19. The van der Waals surface area contributed by atoms with E-state index in [0.717, 1.165) is 4.90 Å². The Bertz CT molecular complexity index is 409. The van der Waals surface area contributed by atoms with Gasteiger partial charge in [0.1, 0.15) is 0 Å². The third-order valence-corrected chi connectivity index (χ3v) is 2.07. The molecular formula is C11H10F2N2O. The Labute approximate surface area is 91.9 Å². The zero-order valence-electron chi connectivity index (χ0n) is 8.65. The summed E-state index contributed by atoms with van der Waals surface area (Å²) in [6.45, 7) is 0.106. The zero-order valence-corrected chi connectivity index (χ0v) is 8.65. The van der Waals surface area contributed by atoms with Crippen LogP contribution in [0.2, 0.25) is 0 Å². The monoisotopic (exact) mass is 224 g/mol. The summed E-state index contributed by atoms with van der Waals surface area (Å²) in [5, 5.41) is 8.56. The van der Waals surface area contributed by atoms with Crippen LogP contribution in [0.3, 0.4) is 0 Å². The quantitative estimate of drug-likeness (QED) is 0.785. The number of hydrogen-bond donors (Lipinski definition) is 0. The van der Waals surface area contributed by atoms with Gasteiger partial charge >= 0.3 is 6.43 Å². The maximum absolute atomic E-state index is 12.1. The molecule has 84 valence electrons. The van der Waals surface area contributed by atoms with Crippen molar-refractivity contribution >= 4 is 5.91 Å². The standard InChI is InChI=1S/C11H10F2N2O/c1-15(11(16)10(12)13)7-9-4-2-8(6-14)3-5-9/h2-5,10H,7H2,1H3. The van der Waals surface area contributed by atoms with Crippen molar-refractivity contribution in [3.63, 3.8) is 0 Å². The molecule has 0 bridgehead atoms. The van der Waals surface area contributed by atoms with E-state index in [4.69, 9.17) is 5.26 Å². The first-order valence-electron chi connectivity index (χ1n) is 4.56. The molecule has 1 aromatic carbocycles. The molecule has 1 amide bonds. The highest BCUT2D eigenvalue weighted by Crippen LogP contribution is 2.08. The predicted molar refractivity (Wildman–Crippen MR) is 53.6 cm³/mol. The molecule has 0 N–H and O–H groups in total. The van der Waals surface area contributed by atoms with Crippen LogP contribution < -0.4 is 0 Å². The van der Waals surface area contributed by atoms with Crippen LogP contribution in [-0.4, -0.2) is 24.3 Å².